The molecule has 1 N–H and O–H groups in total. The summed E-state index contributed by atoms with van der Waals surface area (Å²) in [4.78, 5) is 23.9. The third kappa shape index (κ3) is 3.50. The first-order valence-corrected chi connectivity index (χ1v) is 7.19. The lowest BCUT2D eigenvalue weighted by Crippen LogP contribution is -2.28. The maximum absolute atomic E-state index is 12.8. The molecule has 0 unspecified atom stereocenters. The molecular formula is C19H12FNO3. The van der Waals surface area contributed by atoms with Crippen molar-refractivity contribution < 1.29 is 13.6 Å². The number of amides is 1. The Morgan fingerprint density at radius 3 is 2.67 bits per heavy atom. The van der Waals surface area contributed by atoms with Crippen molar-refractivity contribution in [1.82, 2.24) is 5.32 Å². The van der Waals surface area contributed by atoms with E-state index in [0.717, 1.165) is 0 Å². The van der Waals surface area contributed by atoms with E-state index < -0.39 is 11.5 Å². The smallest absolute Gasteiger partial charge is 0.349 e. The zero-order valence-electron chi connectivity index (χ0n) is 12.5. The highest BCUT2D eigenvalue weighted by molar-refractivity contribution is 5.96. The second-order valence-electron chi connectivity index (χ2n) is 4.98. The van der Waals surface area contributed by atoms with Crippen molar-refractivity contribution in [1.29, 1.82) is 0 Å². The highest BCUT2D eigenvalue weighted by atomic mass is 19.1. The van der Waals surface area contributed by atoms with Crippen LogP contribution in [0.1, 0.15) is 15.9 Å². The van der Waals surface area contributed by atoms with Crippen LogP contribution in [0.2, 0.25) is 0 Å². The Kier molecular flexibility index (Phi) is 4.39. The summed E-state index contributed by atoms with van der Waals surface area (Å²) >= 11 is 0. The van der Waals surface area contributed by atoms with Gasteiger partial charge in [0.15, 0.2) is 0 Å². The predicted octanol–water partition coefficient (Wildman–Crippen LogP) is 2.71. The number of nitrogens with one attached hydrogen (secondary N) is 1. The van der Waals surface area contributed by atoms with E-state index >= 15 is 0 Å². The molecule has 0 atom stereocenters. The van der Waals surface area contributed by atoms with Gasteiger partial charge in [-0.3, -0.25) is 4.79 Å². The van der Waals surface area contributed by atoms with E-state index in [4.69, 9.17) is 4.42 Å². The van der Waals surface area contributed by atoms with Crippen molar-refractivity contribution in [3.63, 3.8) is 0 Å². The first kappa shape index (κ1) is 15.5. The van der Waals surface area contributed by atoms with Gasteiger partial charge in [0.05, 0.1) is 6.54 Å². The molecule has 0 radical (unpaired) electrons. The van der Waals surface area contributed by atoms with Gasteiger partial charge in [0.25, 0.3) is 5.91 Å². The van der Waals surface area contributed by atoms with Crippen LogP contribution in [0.25, 0.3) is 11.0 Å². The minimum Gasteiger partial charge on any atom is -0.422 e. The number of carbonyl (C=O) groups excluding carboxylic acids is 1. The molecule has 0 aliphatic heterocycles. The number of hydrogen-bond acceptors (Lipinski definition) is 3. The van der Waals surface area contributed by atoms with Gasteiger partial charge in [-0.1, -0.05) is 30.0 Å². The molecule has 0 bridgehead atoms. The molecule has 0 aliphatic carbocycles. The second-order valence-corrected chi connectivity index (χ2v) is 4.98. The Bertz CT molecular complexity index is 1010. The third-order valence-corrected chi connectivity index (χ3v) is 3.30. The Balaban J connectivity index is 1.70. The lowest BCUT2D eigenvalue weighted by atomic mass is 10.2. The van der Waals surface area contributed by atoms with Gasteiger partial charge in [0.1, 0.15) is 17.0 Å². The summed E-state index contributed by atoms with van der Waals surface area (Å²) in [6.07, 6.45) is 0. The van der Waals surface area contributed by atoms with E-state index in [2.05, 4.69) is 17.2 Å². The molecule has 0 saturated carbocycles. The van der Waals surface area contributed by atoms with Crippen LogP contribution in [0, 0.1) is 17.7 Å². The van der Waals surface area contributed by atoms with Gasteiger partial charge in [-0.05, 0) is 36.4 Å². The van der Waals surface area contributed by atoms with E-state index in [1.54, 1.807) is 36.4 Å². The van der Waals surface area contributed by atoms with Crippen molar-refractivity contribution in [2.75, 3.05) is 6.54 Å². The van der Waals surface area contributed by atoms with E-state index in [1.807, 2.05) is 0 Å². The molecule has 24 heavy (non-hydrogen) atoms. The van der Waals surface area contributed by atoms with Crippen LogP contribution >= 0.6 is 0 Å². The maximum Gasteiger partial charge on any atom is 0.349 e. The van der Waals surface area contributed by atoms with Crippen LogP contribution in [-0.4, -0.2) is 12.5 Å². The third-order valence-electron chi connectivity index (χ3n) is 3.30. The Morgan fingerprint density at radius 1 is 1.12 bits per heavy atom. The number of para-hydroxylation sites is 1. The summed E-state index contributed by atoms with van der Waals surface area (Å²) in [6, 6.07) is 14.1. The van der Waals surface area contributed by atoms with E-state index in [0.29, 0.717) is 16.5 Å². The molecule has 1 amide bonds. The van der Waals surface area contributed by atoms with Crippen LogP contribution in [-0.2, 0) is 0 Å². The Morgan fingerprint density at radius 2 is 1.88 bits per heavy atom. The number of benzene rings is 2. The highest BCUT2D eigenvalue weighted by Crippen LogP contribution is 2.12. The largest absolute Gasteiger partial charge is 0.422 e. The van der Waals surface area contributed by atoms with Gasteiger partial charge in [-0.15, -0.1) is 0 Å². The van der Waals surface area contributed by atoms with Crippen LogP contribution < -0.4 is 10.9 Å². The second kappa shape index (κ2) is 6.80. The lowest BCUT2D eigenvalue weighted by Gasteiger charge is -2.02. The molecule has 0 saturated heterocycles. The van der Waals surface area contributed by atoms with Crippen molar-refractivity contribution >= 4 is 16.9 Å². The normalized spacial score (nSPS) is 10.0. The fraction of sp³-hybridized carbons (Fsp3) is 0.0526. The van der Waals surface area contributed by atoms with Crippen molar-refractivity contribution in [3.8, 4) is 11.8 Å². The summed E-state index contributed by atoms with van der Waals surface area (Å²) in [7, 11) is 0. The van der Waals surface area contributed by atoms with Crippen LogP contribution in [0.15, 0.2) is 63.8 Å². The van der Waals surface area contributed by atoms with E-state index in [-0.39, 0.29) is 17.9 Å². The summed E-state index contributed by atoms with van der Waals surface area (Å²) in [5.74, 6) is 4.64. The quantitative estimate of drug-likeness (QED) is 0.583. The number of carbonyl (C=O) groups is 1. The fourth-order valence-electron chi connectivity index (χ4n) is 2.12. The monoisotopic (exact) mass is 321 g/mol. The molecule has 0 fully saturated rings. The molecular weight excluding hydrogens is 309 g/mol. The van der Waals surface area contributed by atoms with Gasteiger partial charge in [-0.2, -0.15) is 0 Å². The number of halogens is 1. The Labute approximate surface area is 136 Å². The fourth-order valence-corrected chi connectivity index (χ4v) is 2.12. The van der Waals surface area contributed by atoms with Gasteiger partial charge < -0.3 is 9.73 Å². The molecule has 118 valence electrons. The number of rotatable bonds is 2. The summed E-state index contributed by atoms with van der Waals surface area (Å²) in [5.41, 5.74) is 0.293. The molecule has 5 heteroatoms. The summed E-state index contributed by atoms with van der Waals surface area (Å²) in [6.45, 7) is 0.0580. The SMILES string of the molecule is O=C(NCC#Cc1ccc(F)cc1)c1cc2ccccc2oc1=O. The number of fused-ring (bicyclic) bond motifs is 1. The van der Waals surface area contributed by atoms with Gasteiger partial charge in [-0.25, -0.2) is 9.18 Å². The topological polar surface area (TPSA) is 59.3 Å². The van der Waals surface area contributed by atoms with Crippen LogP contribution in [0.3, 0.4) is 0 Å². The zero-order valence-corrected chi connectivity index (χ0v) is 12.5. The highest BCUT2D eigenvalue weighted by Gasteiger charge is 2.12. The van der Waals surface area contributed by atoms with E-state index in [9.17, 15) is 14.0 Å². The minimum absolute atomic E-state index is 0.0580. The van der Waals surface area contributed by atoms with Crippen molar-refractivity contribution in [2.24, 2.45) is 0 Å². The molecule has 4 nitrogen and oxygen atoms in total. The van der Waals surface area contributed by atoms with Gasteiger partial charge in [0.2, 0.25) is 0 Å². The summed E-state index contributed by atoms with van der Waals surface area (Å²) < 4.78 is 17.9. The van der Waals surface area contributed by atoms with Crippen LogP contribution in [0.4, 0.5) is 4.39 Å². The average Bonchev–Trinajstić information content (AvgIpc) is 2.59. The summed E-state index contributed by atoms with van der Waals surface area (Å²) in [5, 5.41) is 3.21. The minimum atomic E-state index is -0.697. The first-order valence-electron chi connectivity index (χ1n) is 7.19. The molecule has 1 heterocycles. The van der Waals surface area contributed by atoms with E-state index in [1.165, 1.54) is 18.2 Å². The molecule has 3 rings (SSSR count). The van der Waals surface area contributed by atoms with Gasteiger partial charge >= 0.3 is 5.63 Å². The molecule has 2 aromatic carbocycles. The predicted molar refractivity (Wildman–Crippen MR) is 88.1 cm³/mol. The lowest BCUT2D eigenvalue weighted by molar-refractivity contribution is 0.0955. The molecule has 1 aromatic heterocycles. The number of hydrogen-bond donors (Lipinski definition) is 1. The maximum atomic E-state index is 12.8. The van der Waals surface area contributed by atoms with Gasteiger partial charge in [0, 0.05) is 10.9 Å². The van der Waals surface area contributed by atoms with Crippen molar-refractivity contribution in [3.05, 3.63) is 82.0 Å². The molecule has 0 aliphatic rings. The Hall–Kier alpha value is -3.39. The standard InChI is InChI=1S/C19H12FNO3/c20-15-9-7-13(8-10-15)4-3-11-21-18(22)16-12-14-5-1-2-6-17(14)24-19(16)23/h1-2,5-10,12H,11H2,(H,21,22). The van der Waals surface area contributed by atoms with Crippen molar-refractivity contribution in [2.45, 2.75) is 0 Å². The first-order chi connectivity index (χ1) is 11.6. The average molecular weight is 321 g/mol. The molecule has 0 spiro atoms. The van der Waals surface area contributed by atoms with Crippen LogP contribution in [0.5, 0.6) is 0 Å². The zero-order chi connectivity index (χ0) is 16.9. The molecule has 3 aromatic rings.